The first-order valence-electron chi connectivity index (χ1n) is 5.49. The molecule has 1 rings (SSSR count). The highest BCUT2D eigenvalue weighted by Gasteiger charge is 2.29. The van der Waals surface area contributed by atoms with E-state index in [2.05, 4.69) is 9.72 Å². The molecule has 0 N–H and O–H groups in total. The molecule has 0 unspecified atom stereocenters. The minimum Gasteiger partial charge on any atom is -0.465 e. The van der Waals surface area contributed by atoms with Crippen LogP contribution >= 0.6 is 0 Å². The van der Waals surface area contributed by atoms with Gasteiger partial charge in [0.25, 0.3) is 0 Å². The van der Waals surface area contributed by atoms with E-state index in [0.717, 1.165) is 0 Å². The lowest BCUT2D eigenvalue weighted by Crippen LogP contribution is -2.23. The van der Waals surface area contributed by atoms with Gasteiger partial charge in [0.15, 0.2) is 0 Å². The number of methoxy groups -OCH3 is 2. The van der Waals surface area contributed by atoms with Gasteiger partial charge in [0.05, 0.1) is 31.0 Å². The summed E-state index contributed by atoms with van der Waals surface area (Å²) in [6, 6.07) is 1.45. The molecule has 5 heteroatoms. The van der Waals surface area contributed by atoms with Crippen LogP contribution in [-0.4, -0.2) is 31.1 Å². The van der Waals surface area contributed by atoms with Crippen molar-refractivity contribution in [2.45, 2.75) is 26.2 Å². The van der Waals surface area contributed by atoms with Crippen LogP contribution in [0.5, 0.6) is 0 Å². The molecule has 18 heavy (non-hydrogen) atoms. The van der Waals surface area contributed by atoms with Crippen LogP contribution < -0.4 is 0 Å². The van der Waals surface area contributed by atoms with Gasteiger partial charge in [-0.15, -0.1) is 0 Å². The highest BCUT2D eigenvalue weighted by molar-refractivity contribution is 6.04. The number of hydrogen-bond acceptors (Lipinski definition) is 5. The molecule has 0 aliphatic carbocycles. The molecule has 0 aliphatic rings. The summed E-state index contributed by atoms with van der Waals surface area (Å²) < 4.78 is 9.39. The summed E-state index contributed by atoms with van der Waals surface area (Å²) in [6.45, 7) is 5.72. The Bertz CT molecular complexity index is 474. The summed E-state index contributed by atoms with van der Waals surface area (Å²) in [6.07, 6.45) is 1.49. The van der Waals surface area contributed by atoms with Crippen molar-refractivity contribution < 1.29 is 19.1 Å². The van der Waals surface area contributed by atoms with Gasteiger partial charge in [-0.1, -0.05) is 20.8 Å². The maximum Gasteiger partial charge on any atom is 0.340 e. The van der Waals surface area contributed by atoms with E-state index < -0.39 is 11.9 Å². The Balaban J connectivity index is 3.55. The van der Waals surface area contributed by atoms with Crippen LogP contribution in [0.4, 0.5) is 0 Å². The van der Waals surface area contributed by atoms with Crippen molar-refractivity contribution in [1.82, 2.24) is 4.98 Å². The molecule has 1 aromatic rings. The minimum absolute atomic E-state index is 0.166. The number of carbonyl (C=O) groups excluding carboxylic acids is 2. The van der Waals surface area contributed by atoms with Gasteiger partial charge in [-0.05, 0) is 6.07 Å². The first kappa shape index (κ1) is 14.2. The van der Waals surface area contributed by atoms with Crippen molar-refractivity contribution in [3.05, 3.63) is 29.1 Å². The van der Waals surface area contributed by atoms with Crippen LogP contribution in [0.1, 0.15) is 47.2 Å². The summed E-state index contributed by atoms with van der Waals surface area (Å²) in [4.78, 5) is 27.7. The third kappa shape index (κ3) is 2.67. The zero-order valence-electron chi connectivity index (χ0n) is 11.2. The molecule has 0 amide bonds. The fourth-order valence-electron chi connectivity index (χ4n) is 1.62. The van der Waals surface area contributed by atoms with Crippen LogP contribution in [0.25, 0.3) is 0 Å². The normalized spacial score (nSPS) is 10.9. The molecule has 5 nitrogen and oxygen atoms in total. The Morgan fingerprint density at radius 1 is 1.11 bits per heavy atom. The van der Waals surface area contributed by atoms with Crippen molar-refractivity contribution >= 4 is 11.9 Å². The maximum atomic E-state index is 11.9. The van der Waals surface area contributed by atoms with Gasteiger partial charge in [0.2, 0.25) is 0 Å². The summed E-state index contributed by atoms with van der Waals surface area (Å²) in [7, 11) is 2.53. The van der Waals surface area contributed by atoms with Crippen molar-refractivity contribution in [3.8, 4) is 0 Å². The van der Waals surface area contributed by atoms with Gasteiger partial charge in [-0.3, -0.25) is 4.98 Å². The highest BCUT2D eigenvalue weighted by Crippen LogP contribution is 2.26. The van der Waals surface area contributed by atoms with E-state index in [1.54, 1.807) is 0 Å². The lowest BCUT2D eigenvalue weighted by atomic mass is 9.86. The van der Waals surface area contributed by atoms with Crippen molar-refractivity contribution in [2.75, 3.05) is 14.2 Å². The Morgan fingerprint density at radius 2 is 1.67 bits per heavy atom. The predicted molar refractivity (Wildman–Crippen MR) is 65.6 cm³/mol. The van der Waals surface area contributed by atoms with E-state index in [-0.39, 0.29) is 16.5 Å². The number of esters is 2. The van der Waals surface area contributed by atoms with Gasteiger partial charge in [0, 0.05) is 11.6 Å². The molecule has 0 aliphatic heterocycles. The van der Waals surface area contributed by atoms with Gasteiger partial charge in [-0.2, -0.15) is 0 Å². The number of ether oxygens (including phenoxy) is 2. The standard InChI is InChI=1S/C13H17NO4/c1-13(2,3)10-9(12(16)18-5)8(6-7-14-10)11(15)17-4/h6-7H,1-5H3. The molecule has 98 valence electrons. The third-order valence-corrected chi connectivity index (χ3v) is 2.46. The number of carbonyl (C=O) groups is 2. The van der Waals surface area contributed by atoms with Gasteiger partial charge >= 0.3 is 11.9 Å². The van der Waals surface area contributed by atoms with Crippen LogP contribution in [-0.2, 0) is 14.9 Å². The van der Waals surface area contributed by atoms with E-state index in [0.29, 0.717) is 5.69 Å². The topological polar surface area (TPSA) is 65.5 Å². The Kier molecular flexibility index (Phi) is 4.06. The van der Waals surface area contributed by atoms with Gasteiger partial charge in [0.1, 0.15) is 0 Å². The van der Waals surface area contributed by atoms with E-state index in [9.17, 15) is 9.59 Å². The van der Waals surface area contributed by atoms with Crippen LogP contribution in [0.15, 0.2) is 12.3 Å². The monoisotopic (exact) mass is 251 g/mol. The smallest absolute Gasteiger partial charge is 0.340 e. The molecule has 0 atom stereocenters. The SMILES string of the molecule is COC(=O)c1ccnc(C(C)(C)C)c1C(=O)OC. The lowest BCUT2D eigenvalue weighted by Gasteiger charge is -2.21. The first-order valence-corrected chi connectivity index (χ1v) is 5.49. The largest absolute Gasteiger partial charge is 0.465 e. The molecule has 0 radical (unpaired) electrons. The number of rotatable bonds is 2. The summed E-state index contributed by atoms with van der Waals surface area (Å²) in [5, 5.41) is 0. The van der Waals surface area contributed by atoms with E-state index in [4.69, 9.17) is 4.74 Å². The number of pyridine rings is 1. The summed E-state index contributed by atoms with van der Waals surface area (Å²) >= 11 is 0. The summed E-state index contributed by atoms with van der Waals surface area (Å²) in [5.74, 6) is -1.17. The van der Waals surface area contributed by atoms with Crippen LogP contribution in [0.2, 0.25) is 0 Å². The predicted octanol–water partition coefficient (Wildman–Crippen LogP) is 1.95. The molecular weight excluding hydrogens is 234 g/mol. The highest BCUT2D eigenvalue weighted by atomic mass is 16.5. The zero-order chi connectivity index (χ0) is 13.9. The second-order valence-electron chi connectivity index (χ2n) is 4.82. The molecule has 0 saturated heterocycles. The second kappa shape index (κ2) is 5.16. The second-order valence-corrected chi connectivity index (χ2v) is 4.82. The lowest BCUT2D eigenvalue weighted by molar-refractivity contribution is 0.0552. The quantitative estimate of drug-likeness (QED) is 0.752. The van der Waals surface area contributed by atoms with Crippen LogP contribution in [0.3, 0.4) is 0 Å². The molecule has 1 heterocycles. The number of nitrogens with zero attached hydrogens (tertiary/aromatic N) is 1. The Hall–Kier alpha value is -1.91. The summed E-state index contributed by atoms with van der Waals surface area (Å²) in [5.41, 5.74) is 0.467. The number of aromatic nitrogens is 1. The van der Waals surface area contributed by atoms with E-state index >= 15 is 0 Å². The molecule has 0 fully saturated rings. The van der Waals surface area contributed by atoms with Crippen molar-refractivity contribution in [1.29, 1.82) is 0 Å². The minimum atomic E-state index is -0.589. The fraction of sp³-hybridized carbons (Fsp3) is 0.462. The molecule has 0 aromatic carbocycles. The van der Waals surface area contributed by atoms with Crippen molar-refractivity contribution in [2.24, 2.45) is 0 Å². The third-order valence-electron chi connectivity index (χ3n) is 2.46. The van der Waals surface area contributed by atoms with E-state index in [1.807, 2.05) is 20.8 Å². The first-order chi connectivity index (χ1) is 8.32. The molecule has 0 bridgehead atoms. The maximum absolute atomic E-state index is 11.9. The zero-order valence-corrected chi connectivity index (χ0v) is 11.2. The van der Waals surface area contributed by atoms with Crippen LogP contribution in [0, 0.1) is 0 Å². The molecule has 0 spiro atoms. The average molecular weight is 251 g/mol. The average Bonchev–Trinajstić information content (AvgIpc) is 2.34. The Morgan fingerprint density at radius 3 is 2.11 bits per heavy atom. The molecular formula is C13H17NO4. The Labute approximate surface area is 106 Å². The van der Waals surface area contributed by atoms with Gasteiger partial charge < -0.3 is 9.47 Å². The molecule has 1 aromatic heterocycles. The van der Waals surface area contributed by atoms with Crippen molar-refractivity contribution in [3.63, 3.8) is 0 Å². The number of hydrogen-bond donors (Lipinski definition) is 0. The van der Waals surface area contributed by atoms with E-state index in [1.165, 1.54) is 26.5 Å². The van der Waals surface area contributed by atoms with Gasteiger partial charge in [-0.25, -0.2) is 9.59 Å². The fourth-order valence-corrected chi connectivity index (χ4v) is 1.62. The molecule has 0 saturated carbocycles.